The summed E-state index contributed by atoms with van der Waals surface area (Å²) in [7, 11) is 0. The van der Waals surface area contributed by atoms with Crippen molar-refractivity contribution >= 4 is 23.1 Å². The number of imidazole rings is 1. The van der Waals surface area contributed by atoms with Gasteiger partial charge in [-0.1, -0.05) is 11.8 Å². The Balaban J connectivity index is 1.34. The quantitative estimate of drug-likeness (QED) is 0.460. The Morgan fingerprint density at radius 3 is 2.86 bits per heavy atom. The fourth-order valence-corrected chi connectivity index (χ4v) is 5.04. The maximum Gasteiger partial charge on any atom is 0.168 e. The summed E-state index contributed by atoms with van der Waals surface area (Å²) in [5.41, 5.74) is 3.28. The summed E-state index contributed by atoms with van der Waals surface area (Å²) in [5.74, 6) is 1.13. The molecule has 0 amide bonds. The van der Waals surface area contributed by atoms with E-state index in [-0.39, 0.29) is 11.9 Å². The summed E-state index contributed by atoms with van der Waals surface area (Å²) in [5, 5.41) is 3.98. The van der Waals surface area contributed by atoms with Gasteiger partial charge in [-0.3, -0.25) is 0 Å². The second-order valence-electron chi connectivity index (χ2n) is 7.07. The highest BCUT2D eigenvalue weighted by atomic mass is 32.2. The van der Waals surface area contributed by atoms with Gasteiger partial charge in [0.05, 0.1) is 24.0 Å². The lowest BCUT2D eigenvalue weighted by atomic mass is 10.2. The van der Waals surface area contributed by atoms with Crippen molar-refractivity contribution in [1.82, 2.24) is 14.5 Å². The number of thiazole rings is 1. The van der Waals surface area contributed by atoms with E-state index >= 15 is 0 Å². The van der Waals surface area contributed by atoms with Crippen LogP contribution in [0.5, 0.6) is 5.75 Å². The van der Waals surface area contributed by atoms with Gasteiger partial charge in [-0.25, -0.2) is 14.4 Å². The lowest BCUT2D eigenvalue weighted by Gasteiger charge is -2.14. The number of aromatic nitrogens is 3. The van der Waals surface area contributed by atoms with Gasteiger partial charge in [0.15, 0.2) is 5.16 Å². The van der Waals surface area contributed by atoms with Gasteiger partial charge in [0.1, 0.15) is 23.2 Å². The Morgan fingerprint density at radius 2 is 2.10 bits per heavy atom. The Morgan fingerprint density at radius 1 is 1.28 bits per heavy atom. The molecule has 1 aromatic carbocycles. The third kappa shape index (κ3) is 5.18. The Kier molecular flexibility index (Phi) is 6.52. The second-order valence-corrected chi connectivity index (χ2v) is 8.96. The molecule has 1 fully saturated rings. The molecule has 4 rings (SSSR count). The van der Waals surface area contributed by atoms with Crippen LogP contribution in [0.4, 0.5) is 4.39 Å². The molecule has 0 bridgehead atoms. The summed E-state index contributed by atoms with van der Waals surface area (Å²) in [6, 6.07) is 6.03. The number of hydrogen-bond acceptors (Lipinski definition) is 6. The Hall–Kier alpha value is -1.90. The predicted octanol–water partition coefficient (Wildman–Crippen LogP) is 5.15. The average Bonchev–Trinajstić information content (AvgIpc) is 3.45. The number of hydrogen-bond donors (Lipinski definition) is 0. The van der Waals surface area contributed by atoms with E-state index in [0.717, 1.165) is 53.3 Å². The summed E-state index contributed by atoms with van der Waals surface area (Å²) in [6.45, 7) is 6.28. The molecule has 0 aliphatic carbocycles. The first kappa shape index (κ1) is 20.4. The van der Waals surface area contributed by atoms with Crippen LogP contribution in [0.15, 0.2) is 34.8 Å². The van der Waals surface area contributed by atoms with Crippen LogP contribution in [0.3, 0.4) is 0 Å². The van der Waals surface area contributed by atoms with E-state index < -0.39 is 0 Å². The van der Waals surface area contributed by atoms with E-state index in [2.05, 4.69) is 28.8 Å². The number of benzene rings is 1. The van der Waals surface area contributed by atoms with Crippen LogP contribution in [-0.4, -0.2) is 27.2 Å². The van der Waals surface area contributed by atoms with Crippen molar-refractivity contribution in [2.24, 2.45) is 0 Å². The van der Waals surface area contributed by atoms with Crippen LogP contribution < -0.4 is 4.74 Å². The molecule has 0 saturated carbocycles. The fraction of sp³-hybridized carbons (Fsp3) is 0.429. The molecule has 8 heteroatoms. The van der Waals surface area contributed by atoms with Gasteiger partial charge in [-0.2, -0.15) is 0 Å². The maximum atomic E-state index is 13.0. The number of nitrogens with zero attached hydrogens (tertiary/aromatic N) is 3. The molecular formula is C21H24FN3O2S2. The van der Waals surface area contributed by atoms with E-state index in [9.17, 15) is 4.39 Å². The van der Waals surface area contributed by atoms with Crippen molar-refractivity contribution in [3.05, 3.63) is 57.6 Å². The minimum absolute atomic E-state index is 0.269. The second kappa shape index (κ2) is 9.28. The van der Waals surface area contributed by atoms with Crippen molar-refractivity contribution in [3.8, 4) is 5.75 Å². The van der Waals surface area contributed by atoms with Crippen molar-refractivity contribution < 1.29 is 13.9 Å². The maximum absolute atomic E-state index is 13.0. The molecule has 3 aromatic rings. The largest absolute Gasteiger partial charge is 0.486 e. The monoisotopic (exact) mass is 433 g/mol. The minimum Gasteiger partial charge on any atom is -0.486 e. The van der Waals surface area contributed by atoms with Crippen molar-refractivity contribution in [3.63, 3.8) is 0 Å². The van der Waals surface area contributed by atoms with Crippen LogP contribution in [0.25, 0.3) is 0 Å². The number of aryl methyl sites for hydroxylation is 1. The van der Waals surface area contributed by atoms with Gasteiger partial charge < -0.3 is 14.0 Å². The van der Waals surface area contributed by atoms with Crippen molar-refractivity contribution in [1.29, 1.82) is 0 Å². The van der Waals surface area contributed by atoms with Crippen LogP contribution >= 0.6 is 23.1 Å². The Labute approximate surface area is 178 Å². The van der Waals surface area contributed by atoms with Gasteiger partial charge in [0, 0.05) is 23.4 Å². The molecule has 1 saturated heterocycles. The van der Waals surface area contributed by atoms with Gasteiger partial charge in [-0.05, 0) is 51.0 Å². The van der Waals surface area contributed by atoms with Crippen LogP contribution in [0, 0.1) is 19.7 Å². The number of rotatable bonds is 8. The van der Waals surface area contributed by atoms with E-state index in [1.165, 1.54) is 17.8 Å². The molecule has 0 N–H and O–H groups in total. The van der Waals surface area contributed by atoms with Crippen molar-refractivity contribution in [2.45, 2.75) is 56.9 Å². The molecule has 1 unspecified atom stereocenters. The molecular weight excluding hydrogens is 409 g/mol. The zero-order valence-electron chi connectivity index (χ0n) is 16.6. The first-order valence-corrected chi connectivity index (χ1v) is 11.5. The number of halogens is 1. The highest BCUT2D eigenvalue weighted by molar-refractivity contribution is 7.98. The highest BCUT2D eigenvalue weighted by Gasteiger charge is 2.20. The molecule has 1 atom stereocenters. The van der Waals surface area contributed by atoms with Crippen LogP contribution in [-0.2, 0) is 23.6 Å². The lowest BCUT2D eigenvalue weighted by molar-refractivity contribution is 0.0945. The fourth-order valence-electron chi connectivity index (χ4n) is 3.24. The normalized spacial score (nSPS) is 16.4. The first-order valence-electron chi connectivity index (χ1n) is 9.68. The summed E-state index contributed by atoms with van der Waals surface area (Å²) < 4.78 is 26.7. The zero-order chi connectivity index (χ0) is 20.2. The molecule has 154 valence electrons. The van der Waals surface area contributed by atoms with Crippen LogP contribution in [0.1, 0.15) is 34.9 Å². The molecule has 1 aliphatic rings. The van der Waals surface area contributed by atoms with E-state index in [1.54, 1.807) is 35.2 Å². The lowest BCUT2D eigenvalue weighted by Crippen LogP contribution is -2.16. The number of ether oxygens (including phenoxy) is 2. The van der Waals surface area contributed by atoms with E-state index in [1.807, 2.05) is 0 Å². The van der Waals surface area contributed by atoms with Crippen LogP contribution in [0.2, 0.25) is 0 Å². The van der Waals surface area contributed by atoms with E-state index in [4.69, 9.17) is 14.5 Å². The topological polar surface area (TPSA) is 49.2 Å². The van der Waals surface area contributed by atoms with Crippen molar-refractivity contribution in [2.75, 3.05) is 6.61 Å². The summed E-state index contributed by atoms with van der Waals surface area (Å²) in [6.07, 6.45) is 2.54. The molecule has 29 heavy (non-hydrogen) atoms. The molecule has 2 aromatic heterocycles. The van der Waals surface area contributed by atoms with Gasteiger partial charge >= 0.3 is 0 Å². The third-order valence-electron chi connectivity index (χ3n) is 4.96. The Bertz CT molecular complexity index is 949. The molecule has 0 spiro atoms. The third-order valence-corrected chi connectivity index (χ3v) is 6.84. The SMILES string of the molecule is Cc1nc(SCc2csc(COc3ccc(F)cc3)n2)n(CC2CCCO2)c1C. The molecule has 3 heterocycles. The zero-order valence-corrected chi connectivity index (χ0v) is 18.2. The smallest absolute Gasteiger partial charge is 0.168 e. The highest BCUT2D eigenvalue weighted by Crippen LogP contribution is 2.27. The van der Waals surface area contributed by atoms with Gasteiger partial charge in [0.2, 0.25) is 0 Å². The average molecular weight is 434 g/mol. The summed E-state index contributed by atoms with van der Waals surface area (Å²) >= 11 is 3.28. The number of thioether (sulfide) groups is 1. The first-order chi connectivity index (χ1) is 14.1. The summed E-state index contributed by atoms with van der Waals surface area (Å²) in [4.78, 5) is 9.40. The minimum atomic E-state index is -0.269. The van der Waals surface area contributed by atoms with E-state index in [0.29, 0.717) is 12.4 Å². The molecule has 5 nitrogen and oxygen atoms in total. The molecule has 1 aliphatic heterocycles. The standard InChI is InChI=1S/C21H24FN3O2S2/c1-14-15(2)25(10-19-4-3-9-26-19)21(23-14)29-13-17-12-28-20(24-17)11-27-18-7-5-16(22)6-8-18/h5-8,12,19H,3-4,9-11,13H2,1-2H3. The molecule has 0 radical (unpaired) electrons. The van der Waals surface area contributed by atoms with Gasteiger partial charge in [0.25, 0.3) is 0 Å². The van der Waals surface area contributed by atoms with Gasteiger partial charge in [-0.15, -0.1) is 11.3 Å². The predicted molar refractivity (Wildman–Crippen MR) is 113 cm³/mol.